The van der Waals surface area contributed by atoms with Crippen molar-refractivity contribution < 1.29 is 19.5 Å². The predicted molar refractivity (Wildman–Crippen MR) is 94.8 cm³/mol. The van der Waals surface area contributed by atoms with Gasteiger partial charge in [-0.2, -0.15) is 0 Å². The number of carbonyl (C=O) groups excluding carboxylic acids is 2. The number of aryl methyl sites for hydroxylation is 1. The second kappa shape index (κ2) is 7.06. The molecular formula is C18H18N2O4S. The lowest BCUT2D eigenvalue weighted by atomic mass is 10.1. The molecule has 130 valence electrons. The molecule has 2 amide bonds. The molecule has 2 aromatic rings. The van der Waals surface area contributed by atoms with Gasteiger partial charge in [0.1, 0.15) is 4.88 Å². The Morgan fingerprint density at radius 1 is 1.24 bits per heavy atom. The Morgan fingerprint density at radius 2 is 1.96 bits per heavy atom. The van der Waals surface area contributed by atoms with Crippen LogP contribution in [0.15, 0.2) is 36.4 Å². The van der Waals surface area contributed by atoms with E-state index < -0.39 is 11.9 Å². The van der Waals surface area contributed by atoms with Crippen LogP contribution in [0, 0.1) is 12.8 Å². The predicted octanol–water partition coefficient (Wildman–Crippen LogP) is 2.42. The van der Waals surface area contributed by atoms with Gasteiger partial charge in [0.2, 0.25) is 11.8 Å². The highest BCUT2D eigenvalue weighted by atomic mass is 32.1. The number of benzene rings is 1. The molecule has 2 heterocycles. The Bertz CT molecular complexity index is 813. The van der Waals surface area contributed by atoms with E-state index in [1.165, 1.54) is 6.07 Å². The fourth-order valence-corrected chi connectivity index (χ4v) is 3.55. The average Bonchev–Trinajstić information content (AvgIpc) is 3.20. The summed E-state index contributed by atoms with van der Waals surface area (Å²) in [6, 6.07) is 10.8. The molecular weight excluding hydrogens is 340 g/mol. The number of nitrogens with one attached hydrogen (secondary N) is 1. The highest BCUT2D eigenvalue weighted by molar-refractivity contribution is 7.13. The minimum Gasteiger partial charge on any atom is -0.477 e. The summed E-state index contributed by atoms with van der Waals surface area (Å²) in [4.78, 5) is 38.1. The van der Waals surface area contributed by atoms with Crippen LogP contribution in [0.2, 0.25) is 0 Å². The number of aromatic carboxylic acids is 1. The van der Waals surface area contributed by atoms with E-state index in [1.807, 2.05) is 31.2 Å². The molecule has 0 bridgehead atoms. The fraction of sp³-hybridized carbons (Fsp3) is 0.278. The molecule has 1 fully saturated rings. The van der Waals surface area contributed by atoms with Crippen LogP contribution in [0.5, 0.6) is 0 Å². The molecule has 25 heavy (non-hydrogen) atoms. The van der Waals surface area contributed by atoms with Crippen LogP contribution < -0.4 is 10.2 Å². The summed E-state index contributed by atoms with van der Waals surface area (Å²) >= 11 is 1.13. The highest BCUT2D eigenvalue weighted by Crippen LogP contribution is 2.25. The summed E-state index contributed by atoms with van der Waals surface area (Å²) < 4.78 is 0. The summed E-state index contributed by atoms with van der Waals surface area (Å²) in [5.74, 6) is -1.62. The number of nitrogens with zero attached hydrogens (tertiary/aromatic N) is 1. The van der Waals surface area contributed by atoms with Crippen molar-refractivity contribution in [3.8, 4) is 0 Å². The number of hydrogen-bond acceptors (Lipinski definition) is 4. The Morgan fingerprint density at radius 3 is 2.60 bits per heavy atom. The summed E-state index contributed by atoms with van der Waals surface area (Å²) in [6.07, 6.45) is 0.185. The molecule has 1 aromatic heterocycles. The maximum atomic E-state index is 12.3. The second-order valence-electron chi connectivity index (χ2n) is 6.03. The van der Waals surface area contributed by atoms with E-state index in [0.29, 0.717) is 6.54 Å². The third-order valence-corrected chi connectivity index (χ3v) is 5.22. The molecule has 1 atom stereocenters. The van der Waals surface area contributed by atoms with Crippen molar-refractivity contribution in [3.05, 3.63) is 51.7 Å². The summed E-state index contributed by atoms with van der Waals surface area (Å²) in [5, 5.41) is 11.7. The van der Waals surface area contributed by atoms with E-state index in [4.69, 9.17) is 5.11 Å². The van der Waals surface area contributed by atoms with Gasteiger partial charge in [0.05, 0.1) is 12.5 Å². The summed E-state index contributed by atoms with van der Waals surface area (Å²) in [6.45, 7) is 2.61. The first-order valence-electron chi connectivity index (χ1n) is 7.91. The molecule has 1 saturated heterocycles. The molecule has 0 aliphatic carbocycles. The van der Waals surface area contributed by atoms with Crippen molar-refractivity contribution in [1.82, 2.24) is 5.32 Å². The second-order valence-corrected chi connectivity index (χ2v) is 7.20. The largest absolute Gasteiger partial charge is 0.477 e. The van der Waals surface area contributed by atoms with Crippen LogP contribution in [0.4, 0.5) is 5.69 Å². The third-order valence-electron chi connectivity index (χ3n) is 4.15. The molecule has 1 aliphatic rings. The minimum atomic E-state index is -0.974. The van der Waals surface area contributed by atoms with Gasteiger partial charge in [-0.15, -0.1) is 11.3 Å². The molecule has 1 aromatic carbocycles. The molecule has 1 aliphatic heterocycles. The standard InChI is InChI=1S/C18H18N2O4S/c1-11-2-4-13(5-3-11)20-10-12(8-16(20)21)17(22)19-9-14-6-7-15(25-14)18(23)24/h2-7,12H,8-10H2,1H3,(H,19,22)(H,23,24). The number of carbonyl (C=O) groups is 3. The van der Waals surface area contributed by atoms with E-state index in [9.17, 15) is 14.4 Å². The molecule has 2 N–H and O–H groups in total. The zero-order valence-electron chi connectivity index (χ0n) is 13.7. The molecule has 0 spiro atoms. The lowest BCUT2D eigenvalue weighted by molar-refractivity contribution is -0.126. The van der Waals surface area contributed by atoms with E-state index in [0.717, 1.165) is 27.5 Å². The van der Waals surface area contributed by atoms with E-state index in [2.05, 4.69) is 5.32 Å². The average molecular weight is 358 g/mol. The molecule has 3 rings (SSSR count). The monoisotopic (exact) mass is 358 g/mol. The highest BCUT2D eigenvalue weighted by Gasteiger charge is 2.34. The van der Waals surface area contributed by atoms with Gasteiger partial charge < -0.3 is 15.3 Å². The Balaban J connectivity index is 1.58. The minimum absolute atomic E-state index is 0.0618. The van der Waals surface area contributed by atoms with E-state index in [-0.39, 0.29) is 29.7 Å². The number of carboxylic acids is 1. The first-order valence-corrected chi connectivity index (χ1v) is 8.72. The third kappa shape index (κ3) is 3.88. The number of thiophene rings is 1. The van der Waals surface area contributed by atoms with Gasteiger partial charge in [-0.25, -0.2) is 4.79 Å². The normalized spacial score (nSPS) is 16.9. The van der Waals surface area contributed by atoms with Crippen LogP contribution >= 0.6 is 11.3 Å². The summed E-state index contributed by atoms with van der Waals surface area (Å²) in [7, 11) is 0. The molecule has 0 saturated carbocycles. The van der Waals surface area contributed by atoms with Gasteiger partial charge in [-0.1, -0.05) is 17.7 Å². The van der Waals surface area contributed by atoms with Crippen LogP contribution in [-0.4, -0.2) is 29.4 Å². The van der Waals surface area contributed by atoms with Crippen LogP contribution in [0.3, 0.4) is 0 Å². The van der Waals surface area contributed by atoms with Gasteiger partial charge >= 0.3 is 5.97 Å². The van der Waals surface area contributed by atoms with Gasteiger partial charge in [-0.05, 0) is 31.2 Å². The van der Waals surface area contributed by atoms with Crippen LogP contribution in [0.1, 0.15) is 26.5 Å². The van der Waals surface area contributed by atoms with Gasteiger partial charge in [0, 0.05) is 23.5 Å². The molecule has 1 unspecified atom stereocenters. The SMILES string of the molecule is Cc1ccc(N2CC(C(=O)NCc3ccc(C(=O)O)s3)CC2=O)cc1. The number of amides is 2. The number of hydrogen-bond donors (Lipinski definition) is 2. The summed E-state index contributed by atoms with van der Waals surface area (Å²) in [5.41, 5.74) is 1.91. The first kappa shape index (κ1) is 17.2. The zero-order chi connectivity index (χ0) is 18.0. The van der Waals surface area contributed by atoms with Crippen molar-refractivity contribution in [3.63, 3.8) is 0 Å². The van der Waals surface area contributed by atoms with Crippen molar-refractivity contribution >= 4 is 34.8 Å². The Hall–Kier alpha value is -2.67. The van der Waals surface area contributed by atoms with Gasteiger partial charge in [0.25, 0.3) is 0 Å². The quantitative estimate of drug-likeness (QED) is 0.859. The van der Waals surface area contributed by atoms with Crippen molar-refractivity contribution in [2.45, 2.75) is 19.9 Å². The smallest absolute Gasteiger partial charge is 0.345 e. The van der Waals surface area contributed by atoms with Crippen molar-refractivity contribution in [2.24, 2.45) is 5.92 Å². The van der Waals surface area contributed by atoms with Crippen LogP contribution in [0.25, 0.3) is 0 Å². The lowest BCUT2D eigenvalue weighted by Crippen LogP contribution is -2.32. The Kier molecular flexibility index (Phi) is 4.85. The molecule has 0 radical (unpaired) electrons. The number of rotatable bonds is 5. The zero-order valence-corrected chi connectivity index (χ0v) is 14.5. The number of carboxylic acid groups (broad SMARTS) is 1. The van der Waals surface area contributed by atoms with Gasteiger partial charge in [-0.3, -0.25) is 9.59 Å². The fourth-order valence-electron chi connectivity index (χ4n) is 2.76. The molecule has 7 heteroatoms. The first-order chi connectivity index (χ1) is 11.9. The molecule has 6 nitrogen and oxygen atoms in total. The lowest BCUT2D eigenvalue weighted by Gasteiger charge is -2.16. The van der Waals surface area contributed by atoms with Crippen LogP contribution in [-0.2, 0) is 16.1 Å². The maximum absolute atomic E-state index is 12.3. The number of anilines is 1. The topological polar surface area (TPSA) is 86.7 Å². The van der Waals surface area contributed by atoms with Gasteiger partial charge in [0.15, 0.2) is 0 Å². The van der Waals surface area contributed by atoms with E-state index >= 15 is 0 Å². The van der Waals surface area contributed by atoms with Crippen molar-refractivity contribution in [2.75, 3.05) is 11.4 Å². The van der Waals surface area contributed by atoms with E-state index in [1.54, 1.807) is 11.0 Å². The van der Waals surface area contributed by atoms with Crippen molar-refractivity contribution in [1.29, 1.82) is 0 Å². The Labute approximate surface area is 149 Å². The maximum Gasteiger partial charge on any atom is 0.345 e.